The lowest BCUT2D eigenvalue weighted by Crippen LogP contribution is -2.21. The van der Waals surface area contributed by atoms with Gasteiger partial charge in [-0.3, -0.25) is 4.98 Å². The number of hydrogen-bond acceptors (Lipinski definition) is 5. The Labute approximate surface area is 192 Å². The summed E-state index contributed by atoms with van der Waals surface area (Å²) in [5, 5.41) is 4.57. The summed E-state index contributed by atoms with van der Waals surface area (Å²) in [5.74, 6) is -0.286. The Bertz CT molecular complexity index is 1430. The first-order chi connectivity index (χ1) is 16.1. The van der Waals surface area contributed by atoms with Crippen molar-refractivity contribution in [1.82, 2.24) is 15.0 Å². The molecule has 2 aromatic heterocycles. The van der Waals surface area contributed by atoms with E-state index in [0.717, 1.165) is 0 Å². The van der Waals surface area contributed by atoms with E-state index < -0.39 is 35.0 Å². The third kappa shape index (κ3) is 4.98. The summed E-state index contributed by atoms with van der Waals surface area (Å²) >= 11 is 1.26. The molecule has 0 saturated heterocycles. The van der Waals surface area contributed by atoms with Crippen LogP contribution in [0.4, 0.5) is 33.7 Å². The first kappa shape index (κ1) is 23.2. The molecule has 2 heterocycles. The summed E-state index contributed by atoms with van der Waals surface area (Å²) in [5.41, 5.74) is -1.12. The summed E-state index contributed by atoms with van der Waals surface area (Å²) in [7, 11) is 0. The van der Waals surface area contributed by atoms with Crippen molar-refractivity contribution < 1.29 is 27.1 Å². The number of carbonyl (C=O) groups excluding carboxylic acids is 1. The molecule has 176 valence electrons. The van der Waals surface area contributed by atoms with Crippen LogP contribution < -0.4 is 21.1 Å². The fourth-order valence-electron chi connectivity index (χ4n) is 3.04. The molecule has 4 N–H and O–H groups in total. The molecule has 0 aliphatic rings. The van der Waals surface area contributed by atoms with Crippen molar-refractivity contribution in [1.29, 1.82) is 0 Å². The predicted octanol–water partition coefficient (Wildman–Crippen LogP) is 5.57. The summed E-state index contributed by atoms with van der Waals surface area (Å²) < 4.78 is 58.4. The van der Waals surface area contributed by atoms with Crippen LogP contribution >= 0.6 is 11.8 Å². The van der Waals surface area contributed by atoms with Gasteiger partial charge in [-0.25, -0.2) is 19.0 Å². The average Bonchev–Trinajstić information content (AvgIpc) is 3.16. The zero-order chi connectivity index (χ0) is 24.5. The number of nitrogens with one attached hydrogen (secondary N) is 4. The summed E-state index contributed by atoms with van der Waals surface area (Å²) in [6.45, 7) is 0. The van der Waals surface area contributed by atoms with Gasteiger partial charge < -0.3 is 20.4 Å². The van der Waals surface area contributed by atoms with Crippen molar-refractivity contribution in [2.45, 2.75) is 11.1 Å². The topological polar surface area (TPSA) is 112 Å². The van der Waals surface area contributed by atoms with Crippen molar-refractivity contribution in [3.63, 3.8) is 0 Å². The Morgan fingerprint density at radius 1 is 1.06 bits per heavy atom. The van der Waals surface area contributed by atoms with Crippen molar-refractivity contribution >= 4 is 40.3 Å². The SMILES string of the molecule is CSc1cc(Oc2ccnc3[nH]c(=O)[nH]c23)ccc1NC(=O)Nc1cc(C(F)(F)F)ccc1F. The zero-order valence-electron chi connectivity index (χ0n) is 17.2. The lowest BCUT2D eigenvalue weighted by atomic mass is 10.2. The van der Waals surface area contributed by atoms with Crippen LogP contribution in [0.2, 0.25) is 0 Å². The summed E-state index contributed by atoms with van der Waals surface area (Å²) in [6, 6.07) is 7.04. The molecule has 0 unspecified atom stereocenters. The van der Waals surface area contributed by atoms with Crippen LogP contribution in [0.5, 0.6) is 11.5 Å². The Balaban J connectivity index is 1.52. The van der Waals surface area contributed by atoms with Crippen LogP contribution in [-0.4, -0.2) is 27.2 Å². The minimum atomic E-state index is -4.68. The highest BCUT2D eigenvalue weighted by Gasteiger charge is 2.31. The van der Waals surface area contributed by atoms with E-state index in [1.807, 2.05) is 0 Å². The molecule has 4 aromatic rings. The number of alkyl halides is 3. The van der Waals surface area contributed by atoms with Gasteiger partial charge in [0.2, 0.25) is 0 Å². The lowest BCUT2D eigenvalue weighted by Gasteiger charge is -2.14. The van der Waals surface area contributed by atoms with Crippen molar-refractivity contribution in [3.05, 3.63) is 70.5 Å². The molecule has 0 spiro atoms. The maximum Gasteiger partial charge on any atom is 0.416 e. The second kappa shape index (κ2) is 9.09. The lowest BCUT2D eigenvalue weighted by molar-refractivity contribution is -0.137. The number of thioether (sulfide) groups is 1. The number of H-pyrrole nitrogens is 2. The molecule has 34 heavy (non-hydrogen) atoms. The van der Waals surface area contributed by atoms with Crippen LogP contribution in [0.1, 0.15) is 5.56 Å². The summed E-state index contributed by atoms with van der Waals surface area (Å²) in [4.78, 5) is 33.6. The second-order valence-electron chi connectivity index (χ2n) is 6.85. The van der Waals surface area contributed by atoms with Gasteiger partial charge in [0.25, 0.3) is 0 Å². The molecule has 0 aliphatic carbocycles. The number of urea groups is 1. The normalized spacial score (nSPS) is 11.4. The van der Waals surface area contributed by atoms with E-state index in [9.17, 15) is 27.2 Å². The highest BCUT2D eigenvalue weighted by Crippen LogP contribution is 2.34. The molecule has 2 aromatic carbocycles. The number of amides is 2. The highest BCUT2D eigenvalue weighted by atomic mass is 32.2. The maximum absolute atomic E-state index is 13.9. The van der Waals surface area contributed by atoms with Gasteiger partial charge in [0.15, 0.2) is 11.4 Å². The van der Waals surface area contributed by atoms with Crippen LogP contribution in [0.3, 0.4) is 0 Å². The number of benzene rings is 2. The fraction of sp³-hybridized carbons (Fsp3) is 0.0952. The molecule has 2 amide bonds. The highest BCUT2D eigenvalue weighted by molar-refractivity contribution is 7.98. The third-order valence-corrected chi connectivity index (χ3v) is 5.35. The van der Waals surface area contributed by atoms with Crippen LogP contribution in [0.15, 0.2) is 58.4 Å². The molecule has 0 atom stereocenters. The zero-order valence-corrected chi connectivity index (χ0v) is 18.0. The van der Waals surface area contributed by atoms with Crippen LogP contribution in [-0.2, 0) is 6.18 Å². The third-order valence-electron chi connectivity index (χ3n) is 4.57. The number of aromatic amines is 2. The Kier molecular flexibility index (Phi) is 6.20. The standard InChI is InChI=1S/C21H15F4N5O3S/c1-34-16-9-11(33-15-6-7-26-18-17(15)29-20(32)30-18)3-5-13(16)27-19(31)28-14-8-10(21(23,24)25)2-4-12(14)22/h2-9H,1H3,(H2,27,28,31)(H2,26,29,30,32). The van der Waals surface area contributed by atoms with Crippen LogP contribution in [0.25, 0.3) is 11.2 Å². The molecule has 0 bridgehead atoms. The summed E-state index contributed by atoms with van der Waals surface area (Å²) in [6.07, 6.45) is -1.48. The first-order valence-electron chi connectivity index (χ1n) is 9.51. The Morgan fingerprint density at radius 3 is 2.56 bits per heavy atom. The smallest absolute Gasteiger partial charge is 0.416 e. The minimum absolute atomic E-state index is 0.319. The van der Waals surface area contributed by atoms with E-state index in [-0.39, 0.29) is 0 Å². The van der Waals surface area contributed by atoms with Gasteiger partial charge in [-0.05, 0) is 42.7 Å². The average molecular weight is 493 g/mol. The predicted molar refractivity (Wildman–Crippen MR) is 119 cm³/mol. The number of ether oxygens (including phenoxy) is 1. The number of rotatable bonds is 5. The Hall–Kier alpha value is -4.00. The molecular formula is C21H15F4N5O3S. The van der Waals surface area contributed by atoms with E-state index >= 15 is 0 Å². The fourth-order valence-corrected chi connectivity index (χ4v) is 3.61. The van der Waals surface area contributed by atoms with Gasteiger partial charge in [-0.15, -0.1) is 11.8 Å². The van der Waals surface area contributed by atoms with E-state index in [0.29, 0.717) is 51.4 Å². The number of carbonyl (C=O) groups is 1. The van der Waals surface area contributed by atoms with Crippen molar-refractivity contribution in [2.24, 2.45) is 0 Å². The first-order valence-corrected chi connectivity index (χ1v) is 10.7. The second-order valence-corrected chi connectivity index (χ2v) is 7.70. The largest absolute Gasteiger partial charge is 0.455 e. The van der Waals surface area contributed by atoms with E-state index in [1.54, 1.807) is 18.4 Å². The number of anilines is 2. The maximum atomic E-state index is 13.9. The molecule has 4 rings (SSSR count). The van der Waals surface area contributed by atoms with E-state index in [2.05, 4.69) is 25.6 Å². The molecular weight excluding hydrogens is 478 g/mol. The van der Waals surface area contributed by atoms with Gasteiger partial charge in [0.05, 0.1) is 16.9 Å². The molecule has 13 heteroatoms. The number of nitrogens with zero attached hydrogens (tertiary/aromatic N) is 1. The minimum Gasteiger partial charge on any atom is -0.455 e. The van der Waals surface area contributed by atoms with Crippen molar-refractivity contribution in [3.8, 4) is 11.5 Å². The van der Waals surface area contributed by atoms with E-state index in [1.165, 1.54) is 30.1 Å². The molecule has 0 radical (unpaired) electrons. The van der Waals surface area contributed by atoms with E-state index in [4.69, 9.17) is 4.74 Å². The number of halogens is 4. The number of imidazole rings is 1. The quantitative estimate of drug-likeness (QED) is 0.215. The van der Waals surface area contributed by atoms with Crippen molar-refractivity contribution in [2.75, 3.05) is 16.9 Å². The molecule has 0 fully saturated rings. The molecule has 0 aliphatic heterocycles. The molecule has 0 saturated carbocycles. The van der Waals surface area contributed by atoms with Gasteiger partial charge in [-0.1, -0.05) is 0 Å². The Morgan fingerprint density at radius 2 is 1.82 bits per heavy atom. The number of pyridine rings is 1. The number of hydrogen-bond donors (Lipinski definition) is 4. The molecule has 8 nitrogen and oxygen atoms in total. The van der Waals surface area contributed by atoms with Gasteiger partial charge >= 0.3 is 17.9 Å². The van der Waals surface area contributed by atoms with Gasteiger partial charge in [0.1, 0.15) is 17.1 Å². The monoisotopic (exact) mass is 493 g/mol. The number of aromatic nitrogens is 3. The van der Waals surface area contributed by atoms with Gasteiger partial charge in [-0.2, -0.15) is 13.2 Å². The van der Waals surface area contributed by atoms with Crippen LogP contribution in [0, 0.1) is 5.82 Å². The van der Waals surface area contributed by atoms with Gasteiger partial charge in [0, 0.05) is 17.2 Å². The number of fused-ring (bicyclic) bond motifs is 1.